The molecule has 1 saturated carbocycles. The lowest BCUT2D eigenvalue weighted by Crippen LogP contribution is -2.54. The van der Waals surface area contributed by atoms with E-state index in [1.807, 2.05) is 20.8 Å². The first-order valence-corrected chi connectivity index (χ1v) is 6.92. The lowest BCUT2D eigenvalue weighted by molar-refractivity contribution is -0.158. The lowest BCUT2D eigenvalue weighted by Gasteiger charge is -2.47. The van der Waals surface area contributed by atoms with Crippen molar-refractivity contribution in [2.45, 2.75) is 64.0 Å². The maximum Gasteiger partial charge on any atom is 0.155 e. The van der Waals surface area contributed by atoms with Gasteiger partial charge in [0, 0.05) is 12.5 Å². The summed E-state index contributed by atoms with van der Waals surface area (Å²) in [6.45, 7) is 7.65. The first-order valence-electron chi connectivity index (χ1n) is 6.92. The van der Waals surface area contributed by atoms with Crippen molar-refractivity contribution >= 4 is 5.78 Å². The molecule has 0 radical (unpaired) electrons. The number of carbonyl (C=O) groups is 1. The molecule has 0 aromatic carbocycles. The van der Waals surface area contributed by atoms with Gasteiger partial charge in [-0.15, -0.1) is 0 Å². The summed E-state index contributed by atoms with van der Waals surface area (Å²) < 4.78 is 5.88. The number of rotatable bonds is 4. The highest BCUT2D eigenvalue weighted by atomic mass is 16.5. The Balaban J connectivity index is 1.99. The molecule has 2 fully saturated rings. The van der Waals surface area contributed by atoms with Gasteiger partial charge in [-0.2, -0.15) is 0 Å². The van der Waals surface area contributed by atoms with Crippen molar-refractivity contribution in [3.63, 3.8) is 0 Å². The summed E-state index contributed by atoms with van der Waals surface area (Å²) in [4.78, 5) is 12.5. The predicted octanol–water partition coefficient (Wildman–Crippen LogP) is 2.29. The molecule has 0 aromatic rings. The van der Waals surface area contributed by atoms with Gasteiger partial charge in [0.15, 0.2) is 5.78 Å². The average Bonchev–Trinajstić information content (AvgIpc) is 2.26. The van der Waals surface area contributed by atoms with Crippen LogP contribution < -0.4 is 5.32 Å². The fraction of sp³-hybridized carbons (Fsp3) is 0.929. The maximum absolute atomic E-state index is 12.5. The standard InChI is InChI=1S/C14H25NO2/c1-4-15-13(2,3)12(16)11-6-9-17-14(10-11)7-5-8-14/h11,15H,4-10H2,1-3H3. The first kappa shape index (κ1) is 13.0. The van der Waals surface area contributed by atoms with Crippen molar-refractivity contribution in [2.75, 3.05) is 13.2 Å². The van der Waals surface area contributed by atoms with Crippen LogP contribution in [0.4, 0.5) is 0 Å². The number of hydrogen-bond donors (Lipinski definition) is 1. The third-order valence-corrected chi connectivity index (χ3v) is 4.36. The van der Waals surface area contributed by atoms with Crippen molar-refractivity contribution in [1.82, 2.24) is 5.32 Å². The highest BCUT2D eigenvalue weighted by Crippen LogP contribution is 2.45. The SMILES string of the molecule is CCNC(C)(C)C(=O)C1CCOC2(CCC2)C1. The van der Waals surface area contributed by atoms with E-state index in [9.17, 15) is 4.79 Å². The second kappa shape index (κ2) is 4.69. The molecule has 1 aliphatic carbocycles. The summed E-state index contributed by atoms with van der Waals surface area (Å²) in [5.74, 6) is 0.562. The Kier molecular flexibility index (Phi) is 3.60. The van der Waals surface area contributed by atoms with Gasteiger partial charge in [-0.1, -0.05) is 6.92 Å². The minimum Gasteiger partial charge on any atom is -0.375 e. The smallest absolute Gasteiger partial charge is 0.155 e. The zero-order valence-electron chi connectivity index (χ0n) is 11.3. The van der Waals surface area contributed by atoms with Crippen molar-refractivity contribution in [2.24, 2.45) is 5.92 Å². The highest BCUT2D eigenvalue weighted by Gasteiger charge is 2.46. The molecule has 1 spiro atoms. The Morgan fingerprint density at radius 2 is 2.18 bits per heavy atom. The second-order valence-electron chi connectivity index (χ2n) is 6.09. The van der Waals surface area contributed by atoms with Crippen LogP contribution in [0.15, 0.2) is 0 Å². The summed E-state index contributed by atoms with van der Waals surface area (Å²) >= 11 is 0. The van der Waals surface area contributed by atoms with Gasteiger partial charge in [-0.05, 0) is 52.5 Å². The molecule has 0 amide bonds. The molecule has 1 saturated heterocycles. The van der Waals surface area contributed by atoms with Gasteiger partial charge in [0.2, 0.25) is 0 Å². The van der Waals surface area contributed by atoms with Crippen molar-refractivity contribution in [3.8, 4) is 0 Å². The van der Waals surface area contributed by atoms with E-state index in [1.165, 1.54) is 6.42 Å². The first-order chi connectivity index (χ1) is 7.99. The number of ketones is 1. The second-order valence-corrected chi connectivity index (χ2v) is 6.09. The number of carbonyl (C=O) groups excluding carboxylic acids is 1. The van der Waals surface area contributed by atoms with E-state index in [-0.39, 0.29) is 17.1 Å². The van der Waals surface area contributed by atoms with E-state index in [0.717, 1.165) is 38.8 Å². The molecule has 2 aliphatic rings. The molecule has 2 rings (SSSR count). The minimum atomic E-state index is -0.387. The Morgan fingerprint density at radius 3 is 2.71 bits per heavy atom. The van der Waals surface area contributed by atoms with Crippen molar-refractivity contribution < 1.29 is 9.53 Å². The molecule has 1 atom stereocenters. The monoisotopic (exact) mass is 239 g/mol. The molecule has 17 heavy (non-hydrogen) atoms. The van der Waals surface area contributed by atoms with Crippen LogP contribution in [0.1, 0.15) is 52.9 Å². The minimum absolute atomic E-state index is 0.0703. The summed E-state index contributed by atoms with van der Waals surface area (Å²) in [7, 11) is 0. The van der Waals surface area contributed by atoms with Gasteiger partial charge < -0.3 is 10.1 Å². The largest absolute Gasteiger partial charge is 0.375 e. The summed E-state index contributed by atoms with van der Waals surface area (Å²) in [6.07, 6.45) is 5.41. The van der Waals surface area contributed by atoms with E-state index in [1.54, 1.807) is 0 Å². The van der Waals surface area contributed by atoms with E-state index in [0.29, 0.717) is 5.78 Å². The Hall–Kier alpha value is -0.410. The summed E-state index contributed by atoms with van der Waals surface area (Å²) in [6, 6.07) is 0. The summed E-state index contributed by atoms with van der Waals surface area (Å²) in [5, 5.41) is 3.29. The van der Waals surface area contributed by atoms with Crippen LogP contribution in [-0.4, -0.2) is 30.1 Å². The molecule has 1 unspecified atom stereocenters. The van der Waals surface area contributed by atoms with Crippen LogP contribution in [0, 0.1) is 5.92 Å². The number of nitrogens with one attached hydrogen (secondary N) is 1. The normalized spacial score (nSPS) is 27.8. The predicted molar refractivity (Wildman–Crippen MR) is 68.0 cm³/mol. The Labute approximate surface area is 104 Å². The molecule has 0 aromatic heterocycles. The molecule has 1 heterocycles. The lowest BCUT2D eigenvalue weighted by atomic mass is 9.69. The number of likely N-dealkylation sites (N-methyl/N-ethyl adjacent to an activating group) is 1. The molecule has 3 heteroatoms. The van der Waals surface area contributed by atoms with Crippen LogP contribution >= 0.6 is 0 Å². The molecular formula is C14H25NO2. The molecule has 1 aliphatic heterocycles. The fourth-order valence-corrected chi connectivity index (χ4v) is 3.21. The number of ether oxygens (including phenoxy) is 1. The average molecular weight is 239 g/mol. The third-order valence-electron chi connectivity index (χ3n) is 4.36. The molecule has 0 bridgehead atoms. The van der Waals surface area contributed by atoms with Crippen LogP contribution in [0.25, 0.3) is 0 Å². The molecule has 1 N–H and O–H groups in total. The van der Waals surface area contributed by atoms with Gasteiger partial charge >= 0.3 is 0 Å². The Bertz CT molecular complexity index is 295. The van der Waals surface area contributed by atoms with E-state index in [4.69, 9.17) is 4.74 Å². The van der Waals surface area contributed by atoms with Crippen LogP contribution in [0.3, 0.4) is 0 Å². The third kappa shape index (κ3) is 2.55. The van der Waals surface area contributed by atoms with Crippen molar-refractivity contribution in [1.29, 1.82) is 0 Å². The van der Waals surface area contributed by atoms with Gasteiger partial charge in [-0.25, -0.2) is 0 Å². The highest BCUT2D eigenvalue weighted by molar-refractivity contribution is 5.89. The fourth-order valence-electron chi connectivity index (χ4n) is 3.21. The molecular weight excluding hydrogens is 214 g/mol. The van der Waals surface area contributed by atoms with Gasteiger partial charge in [0.05, 0.1) is 11.1 Å². The zero-order chi connectivity index (χ0) is 12.5. The maximum atomic E-state index is 12.5. The van der Waals surface area contributed by atoms with E-state index < -0.39 is 0 Å². The van der Waals surface area contributed by atoms with E-state index >= 15 is 0 Å². The topological polar surface area (TPSA) is 38.3 Å². The van der Waals surface area contributed by atoms with Gasteiger partial charge in [-0.3, -0.25) is 4.79 Å². The van der Waals surface area contributed by atoms with Crippen LogP contribution in [0.2, 0.25) is 0 Å². The number of Topliss-reactive ketones (excluding diaryl/α,β-unsaturated/α-hetero) is 1. The van der Waals surface area contributed by atoms with Gasteiger partial charge in [0.25, 0.3) is 0 Å². The summed E-state index contributed by atoms with van der Waals surface area (Å²) in [5.41, 5.74) is -0.317. The quantitative estimate of drug-likeness (QED) is 0.818. The zero-order valence-corrected chi connectivity index (χ0v) is 11.3. The van der Waals surface area contributed by atoms with Gasteiger partial charge in [0.1, 0.15) is 0 Å². The van der Waals surface area contributed by atoms with Crippen LogP contribution in [0.5, 0.6) is 0 Å². The Morgan fingerprint density at radius 1 is 1.47 bits per heavy atom. The van der Waals surface area contributed by atoms with Crippen LogP contribution in [-0.2, 0) is 9.53 Å². The molecule has 3 nitrogen and oxygen atoms in total. The van der Waals surface area contributed by atoms with E-state index in [2.05, 4.69) is 5.32 Å². The van der Waals surface area contributed by atoms with Crippen molar-refractivity contribution in [3.05, 3.63) is 0 Å². The number of hydrogen-bond acceptors (Lipinski definition) is 3. The molecule has 98 valence electrons.